The average Bonchev–Trinajstić information content (AvgIpc) is 2.38. The zero-order valence-electron chi connectivity index (χ0n) is 13.1. The fourth-order valence-corrected chi connectivity index (χ4v) is 2.68. The van der Waals surface area contributed by atoms with Crippen molar-refractivity contribution in [2.75, 3.05) is 25.5 Å². The van der Waals surface area contributed by atoms with Gasteiger partial charge in [-0.15, -0.1) is 0 Å². The van der Waals surface area contributed by atoms with Crippen LogP contribution in [-0.4, -0.2) is 30.9 Å². The van der Waals surface area contributed by atoms with Crippen molar-refractivity contribution in [3.63, 3.8) is 0 Å². The number of hydrogen-bond donors (Lipinski definition) is 1. The summed E-state index contributed by atoms with van der Waals surface area (Å²) in [6, 6.07) is 8.21. The number of rotatable bonds is 2. The predicted octanol–water partition coefficient (Wildman–Crippen LogP) is 3.26. The smallest absolute Gasteiger partial charge is 0.228 e. The molecule has 3 nitrogen and oxygen atoms in total. The predicted molar refractivity (Wildman–Crippen MR) is 84.0 cm³/mol. The molecule has 1 aromatic rings. The highest BCUT2D eigenvalue weighted by Gasteiger charge is 2.24. The fourth-order valence-electron chi connectivity index (χ4n) is 2.68. The van der Waals surface area contributed by atoms with Crippen molar-refractivity contribution >= 4 is 11.6 Å². The molecule has 1 aliphatic heterocycles. The van der Waals surface area contributed by atoms with Gasteiger partial charge in [-0.3, -0.25) is 4.79 Å². The van der Waals surface area contributed by atoms with Crippen LogP contribution in [0.3, 0.4) is 0 Å². The highest BCUT2D eigenvalue weighted by Crippen LogP contribution is 2.24. The average molecular weight is 274 g/mol. The maximum absolute atomic E-state index is 12.3. The van der Waals surface area contributed by atoms with Crippen molar-refractivity contribution in [1.29, 1.82) is 0 Å². The summed E-state index contributed by atoms with van der Waals surface area (Å²) >= 11 is 0. The molecule has 1 aromatic carbocycles. The molecule has 0 saturated carbocycles. The van der Waals surface area contributed by atoms with Crippen molar-refractivity contribution < 1.29 is 4.79 Å². The van der Waals surface area contributed by atoms with Crippen LogP contribution >= 0.6 is 0 Å². The third kappa shape index (κ3) is 3.83. The maximum Gasteiger partial charge on any atom is 0.228 e. The summed E-state index contributed by atoms with van der Waals surface area (Å²) in [5, 5.41) is 3.05. The Bertz CT molecular complexity index is 459. The van der Waals surface area contributed by atoms with Gasteiger partial charge in [0.05, 0.1) is 5.92 Å². The number of likely N-dealkylation sites (tertiary alicyclic amines) is 1. The Morgan fingerprint density at radius 3 is 2.45 bits per heavy atom. The van der Waals surface area contributed by atoms with E-state index >= 15 is 0 Å². The number of benzene rings is 1. The second-order valence-corrected chi connectivity index (χ2v) is 6.92. The molecule has 1 aliphatic rings. The summed E-state index contributed by atoms with van der Waals surface area (Å²) in [5.41, 5.74) is 2.33. The molecular formula is C17H26N2O. The van der Waals surface area contributed by atoms with E-state index in [2.05, 4.69) is 50.2 Å². The Morgan fingerprint density at radius 1 is 1.25 bits per heavy atom. The first-order valence-corrected chi connectivity index (χ1v) is 7.46. The third-order valence-corrected chi connectivity index (χ3v) is 4.01. The third-order valence-electron chi connectivity index (χ3n) is 4.01. The Hall–Kier alpha value is -1.35. The number of hydrogen-bond acceptors (Lipinski definition) is 2. The van der Waals surface area contributed by atoms with Gasteiger partial charge in [-0.1, -0.05) is 32.9 Å². The summed E-state index contributed by atoms with van der Waals surface area (Å²) in [7, 11) is 2.08. The van der Waals surface area contributed by atoms with Crippen molar-refractivity contribution in [2.45, 2.75) is 39.0 Å². The first-order chi connectivity index (χ1) is 9.36. The number of nitrogens with zero attached hydrogens (tertiary/aromatic N) is 1. The molecule has 1 N–H and O–H groups in total. The molecule has 0 spiro atoms. The van der Waals surface area contributed by atoms with E-state index in [1.807, 2.05) is 12.1 Å². The van der Waals surface area contributed by atoms with E-state index < -0.39 is 0 Å². The number of anilines is 1. The minimum absolute atomic E-state index is 0.121. The Kier molecular flexibility index (Phi) is 4.48. The lowest BCUT2D eigenvalue weighted by atomic mass is 9.87. The lowest BCUT2D eigenvalue weighted by molar-refractivity contribution is -0.121. The van der Waals surface area contributed by atoms with E-state index in [0.717, 1.165) is 31.6 Å². The van der Waals surface area contributed by atoms with Gasteiger partial charge >= 0.3 is 0 Å². The zero-order chi connectivity index (χ0) is 14.8. The van der Waals surface area contributed by atoms with Crippen molar-refractivity contribution in [2.24, 2.45) is 5.92 Å². The number of amides is 1. The fraction of sp³-hybridized carbons (Fsp3) is 0.588. The monoisotopic (exact) mass is 274 g/mol. The molecule has 3 heteroatoms. The number of carbonyl (C=O) groups is 1. The lowest BCUT2D eigenvalue weighted by Gasteiger charge is -2.28. The van der Waals surface area contributed by atoms with E-state index in [4.69, 9.17) is 0 Å². The standard InChI is InChI=1S/C17H26N2O/c1-17(2,3)14-7-9-15(10-8-14)18-16(20)13-6-5-11-19(4)12-13/h7-10,13H,5-6,11-12H2,1-4H3,(H,18,20). The molecule has 0 radical (unpaired) electrons. The highest BCUT2D eigenvalue weighted by atomic mass is 16.1. The van der Waals surface area contributed by atoms with Crippen LogP contribution < -0.4 is 5.32 Å². The minimum atomic E-state index is 0.121. The van der Waals surface area contributed by atoms with Crippen LogP contribution in [0.25, 0.3) is 0 Å². The van der Waals surface area contributed by atoms with E-state index in [-0.39, 0.29) is 17.2 Å². The Labute approximate surface area is 122 Å². The topological polar surface area (TPSA) is 32.3 Å². The van der Waals surface area contributed by atoms with Gasteiger partial charge in [-0.05, 0) is 49.5 Å². The molecular weight excluding hydrogens is 248 g/mol. The molecule has 110 valence electrons. The minimum Gasteiger partial charge on any atom is -0.326 e. The van der Waals surface area contributed by atoms with Gasteiger partial charge < -0.3 is 10.2 Å². The molecule has 20 heavy (non-hydrogen) atoms. The van der Waals surface area contributed by atoms with Crippen molar-refractivity contribution in [3.05, 3.63) is 29.8 Å². The largest absolute Gasteiger partial charge is 0.326 e. The first kappa shape index (κ1) is 15.0. The molecule has 1 amide bonds. The second-order valence-electron chi connectivity index (χ2n) is 6.92. The van der Waals surface area contributed by atoms with Gasteiger partial charge in [0.1, 0.15) is 0 Å². The van der Waals surface area contributed by atoms with Gasteiger partial charge in [0, 0.05) is 12.2 Å². The second kappa shape index (κ2) is 5.96. The highest BCUT2D eigenvalue weighted by molar-refractivity contribution is 5.92. The molecule has 1 heterocycles. The van der Waals surface area contributed by atoms with Crippen LogP contribution in [0.4, 0.5) is 5.69 Å². The van der Waals surface area contributed by atoms with E-state index in [0.29, 0.717) is 0 Å². The zero-order valence-corrected chi connectivity index (χ0v) is 13.1. The molecule has 1 unspecified atom stereocenters. The van der Waals surface area contributed by atoms with Crippen LogP contribution in [0, 0.1) is 5.92 Å². The normalized spacial score (nSPS) is 20.7. The van der Waals surface area contributed by atoms with Crippen LogP contribution in [-0.2, 0) is 10.2 Å². The summed E-state index contributed by atoms with van der Waals surface area (Å²) in [6.07, 6.45) is 2.10. The number of nitrogens with one attached hydrogen (secondary N) is 1. The molecule has 1 saturated heterocycles. The Morgan fingerprint density at radius 2 is 1.90 bits per heavy atom. The first-order valence-electron chi connectivity index (χ1n) is 7.46. The van der Waals surface area contributed by atoms with Gasteiger partial charge in [0.2, 0.25) is 5.91 Å². The summed E-state index contributed by atoms with van der Waals surface area (Å²) < 4.78 is 0. The molecule has 0 aliphatic carbocycles. The van der Waals surface area contributed by atoms with E-state index in [9.17, 15) is 4.79 Å². The Balaban J connectivity index is 1.97. The van der Waals surface area contributed by atoms with Crippen molar-refractivity contribution in [3.8, 4) is 0 Å². The molecule has 0 bridgehead atoms. The number of piperidine rings is 1. The molecule has 1 fully saturated rings. The van der Waals surface area contributed by atoms with Gasteiger partial charge in [0.15, 0.2) is 0 Å². The molecule has 0 aromatic heterocycles. The quantitative estimate of drug-likeness (QED) is 0.897. The van der Waals surface area contributed by atoms with Gasteiger partial charge in [0.25, 0.3) is 0 Å². The van der Waals surface area contributed by atoms with E-state index in [1.54, 1.807) is 0 Å². The van der Waals surface area contributed by atoms with Gasteiger partial charge in [-0.25, -0.2) is 0 Å². The summed E-state index contributed by atoms with van der Waals surface area (Å²) in [4.78, 5) is 14.5. The van der Waals surface area contributed by atoms with Crippen molar-refractivity contribution in [1.82, 2.24) is 4.90 Å². The summed E-state index contributed by atoms with van der Waals surface area (Å²) in [5.74, 6) is 0.274. The van der Waals surface area contributed by atoms with E-state index in [1.165, 1.54) is 5.56 Å². The van der Waals surface area contributed by atoms with Crippen LogP contribution in [0.1, 0.15) is 39.2 Å². The maximum atomic E-state index is 12.3. The molecule has 1 atom stereocenters. The summed E-state index contributed by atoms with van der Waals surface area (Å²) in [6.45, 7) is 8.55. The SMILES string of the molecule is CN1CCCC(C(=O)Nc2ccc(C(C)(C)C)cc2)C1. The lowest BCUT2D eigenvalue weighted by Crippen LogP contribution is -2.38. The van der Waals surface area contributed by atoms with Crippen LogP contribution in [0.2, 0.25) is 0 Å². The molecule has 2 rings (SSSR count). The number of carbonyl (C=O) groups excluding carboxylic acids is 1. The van der Waals surface area contributed by atoms with Crippen LogP contribution in [0.5, 0.6) is 0 Å². The van der Waals surface area contributed by atoms with Gasteiger partial charge in [-0.2, -0.15) is 0 Å². The van der Waals surface area contributed by atoms with Crippen LogP contribution in [0.15, 0.2) is 24.3 Å².